The van der Waals surface area contributed by atoms with Gasteiger partial charge in [-0.25, -0.2) is 0 Å². The highest BCUT2D eigenvalue weighted by molar-refractivity contribution is 5.94. The fourth-order valence-corrected chi connectivity index (χ4v) is 2.14. The largest absolute Gasteiger partial charge is 0.338 e. The predicted octanol–water partition coefficient (Wildman–Crippen LogP) is 1.20. The molecular formula is C13H19N3O. The summed E-state index contributed by atoms with van der Waals surface area (Å²) >= 11 is 0. The molecule has 0 bridgehead atoms. The normalized spacial score (nSPS) is 24.1. The molecule has 0 saturated carbocycles. The molecule has 0 aromatic carbocycles. The molecule has 2 heterocycles. The van der Waals surface area contributed by atoms with E-state index >= 15 is 0 Å². The van der Waals surface area contributed by atoms with Crippen LogP contribution in [0.1, 0.15) is 29.4 Å². The fraction of sp³-hybridized carbons (Fsp3) is 0.538. The van der Waals surface area contributed by atoms with Gasteiger partial charge in [-0.3, -0.25) is 9.78 Å². The minimum Gasteiger partial charge on any atom is -0.338 e. The molecule has 1 fully saturated rings. The molecule has 4 nitrogen and oxygen atoms in total. The average Bonchev–Trinajstić information content (AvgIpc) is 2.73. The SMILES string of the molecule is Cc1ccc(C(=O)N2CCC(C)(CN)C2)cn1. The Morgan fingerprint density at radius 2 is 2.35 bits per heavy atom. The molecule has 92 valence electrons. The summed E-state index contributed by atoms with van der Waals surface area (Å²) in [5.74, 6) is 0.0645. The third kappa shape index (κ3) is 2.47. The standard InChI is InChI=1S/C13H19N3O/c1-10-3-4-11(7-15-10)12(17)16-6-5-13(2,8-14)9-16/h3-4,7H,5-6,8-9,14H2,1-2H3. The van der Waals surface area contributed by atoms with Crippen LogP contribution in [0.15, 0.2) is 18.3 Å². The van der Waals surface area contributed by atoms with Crippen molar-refractivity contribution in [2.45, 2.75) is 20.3 Å². The minimum absolute atomic E-state index is 0.0645. The van der Waals surface area contributed by atoms with Crippen LogP contribution in [0.3, 0.4) is 0 Å². The van der Waals surface area contributed by atoms with Crippen molar-refractivity contribution in [2.24, 2.45) is 11.1 Å². The number of pyridine rings is 1. The average molecular weight is 233 g/mol. The highest BCUT2D eigenvalue weighted by Gasteiger charge is 2.35. The van der Waals surface area contributed by atoms with E-state index in [1.807, 2.05) is 24.0 Å². The zero-order valence-corrected chi connectivity index (χ0v) is 10.4. The van der Waals surface area contributed by atoms with Crippen molar-refractivity contribution in [1.82, 2.24) is 9.88 Å². The number of likely N-dealkylation sites (tertiary alicyclic amines) is 1. The number of rotatable bonds is 2. The van der Waals surface area contributed by atoms with E-state index < -0.39 is 0 Å². The van der Waals surface area contributed by atoms with Crippen LogP contribution in [0.5, 0.6) is 0 Å². The van der Waals surface area contributed by atoms with Gasteiger partial charge in [0.05, 0.1) is 5.56 Å². The van der Waals surface area contributed by atoms with Crippen LogP contribution in [0.2, 0.25) is 0 Å². The summed E-state index contributed by atoms with van der Waals surface area (Å²) in [4.78, 5) is 18.2. The first-order chi connectivity index (χ1) is 8.04. The Balaban J connectivity index is 2.09. The van der Waals surface area contributed by atoms with Gasteiger partial charge in [-0.15, -0.1) is 0 Å². The number of carbonyl (C=O) groups excluding carboxylic acids is 1. The summed E-state index contributed by atoms with van der Waals surface area (Å²) in [7, 11) is 0. The second-order valence-corrected chi connectivity index (χ2v) is 5.18. The van der Waals surface area contributed by atoms with Crippen LogP contribution in [0, 0.1) is 12.3 Å². The van der Waals surface area contributed by atoms with Gasteiger partial charge in [0.15, 0.2) is 0 Å². The first-order valence-corrected chi connectivity index (χ1v) is 5.96. The van der Waals surface area contributed by atoms with Crippen LogP contribution < -0.4 is 5.73 Å². The molecule has 1 aromatic heterocycles. The molecular weight excluding hydrogens is 214 g/mol. The molecule has 0 aliphatic carbocycles. The maximum atomic E-state index is 12.2. The third-order valence-electron chi connectivity index (χ3n) is 3.50. The second kappa shape index (κ2) is 4.45. The molecule has 1 saturated heterocycles. The maximum Gasteiger partial charge on any atom is 0.255 e. The number of nitrogens with zero attached hydrogens (tertiary/aromatic N) is 2. The number of aryl methyl sites for hydroxylation is 1. The maximum absolute atomic E-state index is 12.2. The summed E-state index contributed by atoms with van der Waals surface area (Å²) in [6, 6.07) is 3.70. The van der Waals surface area contributed by atoms with Gasteiger partial charge in [-0.1, -0.05) is 6.92 Å². The molecule has 1 atom stereocenters. The Kier molecular flexibility index (Phi) is 3.15. The summed E-state index contributed by atoms with van der Waals surface area (Å²) in [6.45, 7) is 6.21. The summed E-state index contributed by atoms with van der Waals surface area (Å²) in [5.41, 5.74) is 7.41. The molecule has 2 N–H and O–H groups in total. The quantitative estimate of drug-likeness (QED) is 0.835. The van der Waals surface area contributed by atoms with Crippen molar-refractivity contribution in [3.8, 4) is 0 Å². The van der Waals surface area contributed by atoms with E-state index in [9.17, 15) is 4.79 Å². The van der Waals surface area contributed by atoms with Gasteiger partial charge < -0.3 is 10.6 Å². The molecule has 4 heteroatoms. The van der Waals surface area contributed by atoms with Crippen LogP contribution in [0.4, 0.5) is 0 Å². The number of carbonyl (C=O) groups is 1. The Morgan fingerprint density at radius 1 is 1.59 bits per heavy atom. The van der Waals surface area contributed by atoms with Gasteiger partial charge >= 0.3 is 0 Å². The predicted molar refractivity (Wildman–Crippen MR) is 66.7 cm³/mol. The van der Waals surface area contributed by atoms with E-state index in [0.29, 0.717) is 12.1 Å². The lowest BCUT2D eigenvalue weighted by molar-refractivity contribution is 0.0776. The van der Waals surface area contributed by atoms with Crippen LogP contribution in [0.25, 0.3) is 0 Å². The number of aromatic nitrogens is 1. The highest BCUT2D eigenvalue weighted by Crippen LogP contribution is 2.29. The monoisotopic (exact) mass is 233 g/mol. The molecule has 0 spiro atoms. The minimum atomic E-state index is 0.0645. The lowest BCUT2D eigenvalue weighted by Gasteiger charge is -2.22. The number of hydrogen-bond acceptors (Lipinski definition) is 3. The summed E-state index contributed by atoms with van der Waals surface area (Å²) < 4.78 is 0. The first kappa shape index (κ1) is 12.0. The topological polar surface area (TPSA) is 59.2 Å². The summed E-state index contributed by atoms with van der Waals surface area (Å²) in [5, 5.41) is 0. The van der Waals surface area contributed by atoms with E-state index in [4.69, 9.17) is 5.73 Å². The molecule has 1 amide bonds. The zero-order chi connectivity index (χ0) is 12.5. The fourth-order valence-electron chi connectivity index (χ4n) is 2.14. The number of amides is 1. The highest BCUT2D eigenvalue weighted by atomic mass is 16.2. The zero-order valence-electron chi connectivity index (χ0n) is 10.4. The Morgan fingerprint density at radius 3 is 2.88 bits per heavy atom. The van der Waals surface area contributed by atoms with Gasteiger partial charge in [-0.2, -0.15) is 0 Å². The van der Waals surface area contributed by atoms with Crippen LogP contribution in [-0.2, 0) is 0 Å². The molecule has 0 radical (unpaired) electrons. The molecule has 2 rings (SSSR count). The molecule has 1 aliphatic rings. The Hall–Kier alpha value is -1.42. The number of hydrogen-bond donors (Lipinski definition) is 1. The lowest BCUT2D eigenvalue weighted by Crippen LogP contribution is -2.34. The lowest BCUT2D eigenvalue weighted by atomic mass is 9.90. The van der Waals surface area contributed by atoms with Gasteiger partial charge in [0.1, 0.15) is 0 Å². The third-order valence-corrected chi connectivity index (χ3v) is 3.50. The van der Waals surface area contributed by atoms with E-state index in [2.05, 4.69) is 11.9 Å². The van der Waals surface area contributed by atoms with Gasteiger partial charge in [0, 0.05) is 25.0 Å². The van der Waals surface area contributed by atoms with E-state index in [0.717, 1.165) is 25.2 Å². The van der Waals surface area contributed by atoms with Crippen molar-refractivity contribution in [2.75, 3.05) is 19.6 Å². The molecule has 17 heavy (non-hydrogen) atoms. The summed E-state index contributed by atoms with van der Waals surface area (Å²) in [6.07, 6.45) is 2.63. The molecule has 1 aliphatic heterocycles. The number of nitrogens with two attached hydrogens (primary N) is 1. The van der Waals surface area contributed by atoms with Gasteiger partial charge in [-0.05, 0) is 37.4 Å². The van der Waals surface area contributed by atoms with Gasteiger partial charge in [0.2, 0.25) is 0 Å². The van der Waals surface area contributed by atoms with E-state index in [1.165, 1.54) is 0 Å². The Labute approximate surface area is 102 Å². The van der Waals surface area contributed by atoms with Crippen molar-refractivity contribution >= 4 is 5.91 Å². The van der Waals surface area contributed by atoms with Crippen molar-refractivity contribution in [1.29, 1.82) is 0 Å². The second-order valence-electron chi connectivity index (χ2n) is 5.18. The van der Waals surface area contributed by atoms with Crippen molar-refractivity contribution in [3.05, 3.63) is 29.6 Å². The van der Waals surface area contributed by atoms with E-state index in [-0.39, 0.29) is 11.3 Å². The van der Waals surface area contributed by atoms with Crippen LogP contribution >= 0.6 is 0 Å². The van der Waals surface area contributed by atoms with E-state index in [1.54, 1.807) is 6.20 Å². The Bertz CT molecular complexity index is 415. The smallest absolute Gasteiger partial charge is 0.255 e. The van der Waals surface area contributed by atoms with Crippen molar-refractivity contribution < 1.29 is 4.79 Å². The van der Waals surface area contributed by atoms with Crippen LogP contribution in [-0.4, -0.2) is 35.4 Å². The van der Waals surface area contributed by atoms with Crippen molar-refractivity contribution in [3.63, 3.8) is 0 Å². The molecule has 1 unspecified atom stereocenters. The molecule has 1 aromatic rings. The van der Waals surface area contributed by atoms with Gasteiger partial charge in [0.25, 0.3) is 5.91 Å². The first-order valence-electron chi connectivity index (χ1n) is 5.96.